The summed E-state index contributed by atoms with van der Waals surface area (Å²) in [6.45, 7) is 3.43. The predicted molar refractivity (Wildman–Crippen MR) is 72.6 cm³/mol. The van der Waals surface area contributed by atoms with Crippen LogP contribution in [0.5, 0.6) is 5.75 Å². The lowest BCUT2D eigenvalue weighted by atomic mass is 9.89. The third-order valence-electron chi connectivity index (χ3n) is 3.55. The number of nitrogens with one attached hydrogen (secondary N) is 1. The van der Waals surface area contributed by atoms with Gasteiger partial charge in [0.1, 0.15) is 11.6 Å². The average Bonchev–Trinajstić information content (AvgIpc) is 2.39. The molecule has 100 valence electrons. The highest BCUT2D eigenvalue weighted by molar-refractivity contribution is 5.56. The monoisotopic (exact) mass is 251 g/mol. The van der Waals surface area contributed by atoms with E-state index in [1.165, 1.54) is 44.2 Å². The summed E-state index contributed by atoms with van der Waals surface area (Å²) in [7, 11) is 0. The van der Waals surface area contributed by atoms with Gasteiger partial charge in [-0.05, 0) is 37.8 Å². The quantitative estimate of drug-likeness (QED) is 0.846. The van der Waals surface area contributed by atoms with E-state index in [9.17, 15) is 4.39 Å². The van der Waals surface area contributed by atoms with Crippen LogP contribution < -0.4 is 10.1 Å². The Bertz CT molecular complexity index is 375. The molecule has 0 saturated heterocycles. The maximum absolute atomic E-state index is 13.2. The summed E-state index contributed by atoms with van der Waals surface area (Å²) in [5, 5.41) is 3.40. The highest BCUT2D eigenvalue weighted by Crippen LogP contribution is 2.28. The van der Waals surface area contributed by atoms with Crippen LogP contribution in [0.3, 0.4) is 0 Å². The van der Waals surface area contributed by atoms with Gasteiger partial charge in [0.25, 0.3) is 0 Å². The lowest BCUT2D eigenvalue weighted by Gasteiger charge is -2.23. The van der Waals surface area contributed by atoms with E-state index in [1.807, 2.05) is 6.92 Å². The Balaban J connectivity index is 1.94. The molecule has 1 fully saturated rings. The minimum Gasteiger partial charge on any atom is -0.492 e. The van der Waals surface area contributed by atoms with Gasteiger partial charge in [0, 0.05) is 12.6 Å². The van der Waals surface area contributed by atoms with Crippen LogP contribution in [0.25, 0.3) is 0 Å². The Morgan fingerprint density at radius 2 is 2.06 bits per heavy atom. The van der Waals surface area contributed by atoms with E-state index in [-0.39, 0.29) is 5.82 Å². The molecule has 0 aliphatic heterocycles. The second-order valence-corrected chi connectivity index (χ2v) is 4.96. The summed E-state index contributed by atoms with van der Waals surface area (Å²) in [5.74, 6) is 1.12. The Hall–Kier alpha value is -1.25. The molecule has 1 saturated carbocycles. The molecule has 0 aromatic heterocycles. The van der Waals surface area contributed by atoms with Crippen molar-refractivity contribution in [3.63, 3.8) is 0 Å². The molecule has 0 heterocycles. The molecule has 1 aliphatic rings. The summed E-state index contributed by atoms with van der Waals surface area (Å²) in [6, 6.07) is 4.70. The first-order chi connectivity index (χ1) is 8.79. The normalized spacial score (nSPS) is 16.6. The van der Waals surface area contributed by atoms with Crippen LogP contribution in [-0.4, -0.2) is 13.2 Å². The molecule has 0 amide bonds. The SMILES string of the molecule is CCOc1cc(F)ccc1NCC1CCCCC1. The minimum absolute atomic E-state index is 0.248. The molecule has 1 N–H and O–H groups in total. The van der Waals surface area contributed by atoms with Crippen molar-refractivity contribution in [1.29, 1.82) is 0 Å². The van der Waals surface area contributed by atoms with Gasteiger partial charge in [0.05, 0.1) is 12.3 Å². The van der Waals surface area contributed by atoms with E-state index >= 15 is 0 Å². The van der Waals surface area contributed by atoms with Gasteiger partial charge in [-0.1, -0.05) is 19.3 Å². The first-order valence-corrected chi connectivity index (χ1v) is 6.96. The summed E-state index contributed by atoms with van der Waals surface area (Å²) in [4.78, 5) is 0. The molecule has 0 radical (unpaired) electrons. The first kappa shape index (κ1) is 13.2. The van der Waals surface area contributed by atoms with Crippen molar-refractivity contribution in [3.8, 4) is 5.75 Å². The maximum atomic E-state index is 13.2. The number of hydrogen-bond acceptors (Lipinski definition) is 2. The third kappa shape index (κ3) is 3.62. The predicted octanol–water partition coefficient (Wildman–Crippen LogP) is 4.22. The zero-order chi connectivity index (χ0) is 12.8. The first-order valence-electron chi connectivity index (χ1n) is 6.96. The fourth-order valence-electron chi connectivity index (χ4n) is 2.56. The lowest BCUT2D eigenvalue weighted by Crippen LogP contribution is -2.17. The van der Waals surface area contributed by atoms with Gasteiger partial charge in [0.2, 0.25) is 0 Å². The lowest BCUT2D eigenvalue weighted by molar-refractivity contribution is 0.338. The fraction of sp³-hybridized carbons (Fsp3) is 0.600. The molecule has 2 rings (SSSR count). The minimum atomic E-state index is -0.248. The van der Waals surface area contributed by atoms with E-state index in [4.69, 9.17) is 4.74 Å². The van der Waals surface area contributed by atoms with Gasteiger partial charge in [-0.2, -0.15) is 0 Å². The number of anilines is 1. The molecule has 1 aromatic rings. The van der Waals surface area contributed by atoms with Crippen molar-refractivity contribution in [2.24, 2.45) is 5.92 Å². The van der Waals surface area contributed by atoms with Gasteiger partial charge >= 0.3 is 0 Å². The summed E-state index contributed by atoms with van der Waals surface area (Å²) in [6.07, 6.45) is 6.66. The number of rotatable bonds is 5. The Kier molecular flexibility index (Phi) is 4.85. The molecule has 3 heteroatoms. The molecule has 2 nitrogen and oxygen atoms in total. The molecular weight excluding hydrogens is 229 g/mol. The fourth-order valence-corrected chi connectivity index (χ4v) is 2.56. The number of ether oxygens (including phenoxy) is 1. The average molecular weight is 251 g/mol. The molecule has 0 atom stereocenters. The smallest absolute Gasteiger partial charge is 0.145 e. The van der Waals surface area contributed by atoms with Crippen molar-refractivity contribution in [1.82, 2.24) is 0 Å². The van der Waals surface area contributed by atoms with Crippen LogP contribution in [0.2, 0.25) is 0 Å². The van der Waals surface area contributed by atoms with Crippen molar-refractivity contribution >= 4 is 5.69 Å². The second kappa shape index (κ2) is 6.62. The van der Waals surface area contributed by atoms with E-state index in [0.29, 0.717) is 12.4 Å². The zero-order valence-corrected chi connectivity index (χ0v) is 11.0. The Morgan fingerprint density at radius 3 is 2.78 bits per heavy atom. The molecule has 1 aliphatic carbocycles. The summed E-state index contributed by atoms with van der Waals surface area (Å²) in [5.41, 5.74) is 0.906. The number of halogens is 1. The standard InChI is InChI=1S/C15H22FNO/c1-2-18-15-10-13(16)8-9-14(15)17-11-12-6-4-3-5-7-12/h8-10,12,17H,2-7,11H2,1H3. The second-order valence-electron chi connectivity index (χ2n) is 4.96. The summed E-state index contributed by atoms with van der Waals surface area (Å²) < 4.78 is 18.6. The highest BCUT2D eigenvalue weighted by Gasteiger charge is 2.14. The van der Waals surface area contributed by atoms with Crippen LogP contribution >= 0.6 is 0 Å². The topological polar surface area (TPSA) is 21.3 Å². The molecule has 1 aromatic carbocycles. The van der Waals surface area contributed by atoms with E-state index in [2.05, 4.69) is 5.32 Å². The van der Waals surface area contributed by atoms with Gasteiger partial charge in [-0.3, -0.25) is 0 Å². The summed E-state index contributed by atoms with van der Waals surface area (Å²) >= 11 is 0. The maximum Gasteiger partial charge on any atom is 0.145 e. The van der Waals surface area contributed by atoms with Crippen LogP contribution in [0.15, 0.2) is 18.2 Å². The van der Waals surface area contributed by atoms with Gasteiger partial charge < -0.3 is 10.1 Å². The van der Waals surface area contributed by atoms with Crippen LogP contribution in [-0.2, 0) is 0 Å². The Labute approximate surface area is 109 Å². The molecule has 0 spiro atoms. The van der Waals surface area contributed by atoms with Crippen molar-refractivity contribution < 1.29 is 9.13 Å². The highest BCUT2D eigenvalue weighted by atomic mass is 19.1. The zero-order valence-electron chi connectivity index (χ0n) is 11.0. The van der Waals surface area contributed by atoms with Crippen molar-refractivity contribution in [2.45, 2.75) is 39.0 Å². The van der Waals surface area contributed by atoms with E-state index in [0.717, 1.165) is 18.2 Å². The van der Waals surface area contributed by atoms with Gasteiger partial charge in [-0.15, -0.1) is 0 Å². The van der Waals surface area contributed by atoms with Crippen molar-refractivity contribution in [3.05, 3.63) is 24.0 Å². The van der Waals surface area contributed by atoms with Crippen molar-refractivity contribution in [2.75, 3.05) is 18.5 Å². The van der Waals surface area contributed by atoms with Crippen LogP contribution in [0.4, 0.5) is 10.1 Å². The molecule has 18 heavy (non-hydrogen) atoms. The molecule has 0 bridgehead atoms. The third-order valence-corrected chi connectivity index (χ3v) is 3.55. The number of benzene rings is 1. The van der Waals surface area contributed by atoms with Crippen LogP contribution in [0, 0.1) is 11.7 Å². The number of hydrogen-bond donors (Lipinski definition) is 1. The van der Waals surface area contributed by atoms with E-state index in [1.54, 1.807) is 6.07 Å². The Morgan fingerprint density at radius 1 is 1.28 bits per heavy atom. The van der Waals surface area contributed by atoms with E-state index < -0.39 is 0 Å². The van der Waals surface area contributed by atoms with Gasteiger partial charge in [0.15, 0.2) is 0 Å². The molecular formula is C15H22FNO. The van der Waals surface area contributed by atoms with Crippen LogP contribution in [0.1, 0.15) is 39.0 Å². The largest absolute Gasteiger partial charge is 0.492 e. The van der Waals surface area contributed by atoms with Gasteiger partial charge in [-0.25, -0.2) is 4.39 Å². The molecule has 0 unspecified atom stereocenters.